The Hall–Kier alpha value is -3.02. The lowest BCUT2D eigenvalue weighted by atomic mass is 9.97. The third-order valence-corrected chi connectivity index (χ3v) is 14.7. The fourth-order valence-electron chi connectivity index (χ4n) is 5.78. The van der Waals surface area contributed by atoms with Gasteiger partial charge in [-0.05, 0) is 46.4 Å². The van der Waals surface area contributed by atoms with Gasteiger partial charge in [0.25, 0.3) is 8.32 Å². The number of hydrogen-bond donors (Lipinski definition) is 1. The monoisotopic (exact) mass is 594 g/mol. The lowest BCUT2D eigenvalue weighted by Gasteiger charge is -2.48. The summed E-state index contributed by atoms with van der Waals surface area (Å²) in [4.78, 5) is 2.95. The van der Waals surface area contributed by atoms with Gasteiger partial charge in [-0.15, -0.1) is 0 Å². The number of ether oxygens (including phenoxy) is 1. The lowest BCUT2D eigenvalue weighted by Crippen LogP contribution is -2.69. The van der Waals surface area contributed by atoms with Gasteiger partial charge in [0, 0.05) is 12.0 Å². The number of aryl methyl sites for hydroxylation is 1. The van der Waals surface area contributed by atoms with Crippen molar-refractivity contribution in [2.24, 2.45) is 5.11 Å². The Morgan fingerprint density at radius 1 is 1.00 bits per heavy atom. The summed E-state index contributed by atoms with van der Waals surface area (Å²) in [7, 11) is -5.89. The van der Waals surface area contributed by atoms with Gasteiger partial charge < -0.3 is 14.3 Å². The second-order valence-corrected chi connectivity index (χ2v) is 17.5. The summed E-state index contributed by atoms with van der Waals surface area (Å²) in [6, 6.07) is 24.6. The second-order valence-electron chi connectivity index (χ2n) is 11.4. The second kappa shape index (κ2) is 12.5. The molecule has 3 aromatic rings. The number of methoxy groups -OCH3 is 1. The van der Waals surface area contributed by atoms with Crippen LogP contribution >= 0.6 is 0 Å². The van der Waals surface area contributed by atoms with Crippen molar-refractivity contribution in [2.45, 2.75) is 68.5 Å². The van der Waals surface area contributed by atoms with Gasteiger partial charge in [0.2, 0.25) is 10.0 Å². The van der Waals surface area contributed by atoms with E-state index in [1.165, 1.54) is 19.2 Å². The minimum absolute atomic E-state index is 0.0251. The van der Waals surface area contributed by atoms with Gasteiger partial charge in [0.15, 0.2) is 0 Å². The van der Waals surface area contributed by atoms with Crippen LogP contribution in [0.1, 0.15) is 32.8 Å². The van der Waals surface area contributed by atoms with Gasteiger partial charge in [-0.3, -0.25) is 0 Å². The molecule has 1 aliphatic rings. The number of sulfonamides is 1. The van der Waals surface area contributed by atoms with Crippen LogP contribution in [-0.4, -0.2) is 64.3 Å². The molecule has 4 rings (SSSR count). The first-order valence-corrected chi connectivity index (χ1v) is 16.9. The first-order chi connectivity index (χ1) is 19.5. The first kappa shape index (κ1) is 30.9. The van der Waals surface area contributed by atoms with Gasteiger partial charge in [0.05, 0.1) is 29.7 Å². The van der Waals surface area contributed by atoms with E-state index in [0.717, 1.165) is 20.2 Å². The maximum atomic E-state index is 14.2. The zero-order valence-electron chi connectivity index (χ0n) is 24.1. The molecule has 1 heterocycles. The lowest BCUT2D eigenvalue weighted by molar-refractivity contribution is -0.0975. The van der Waals surface area contributed by atoms with E-state index >= 15 is 0 Å². The topological polar surface area (TPSA) is 125 Å². The van der Waals surface area contributed by atoms with Crippen molar-refractivity contribution < 1.29 is 22.7 Å². The standard InChI is InChI=1S/C30H38N4O5SSi/c1-22-16-18-23(19-17-22)40(36,37)34-27(28(35)20-26(32-33-31)29(34)38-5)21-39-41(30(2,3)4,24-12-8-6-9-13-24)25-14-10-7-11-15-25/h6-19,26-29,35H,20-21H2,1-5H3/t26-,27-,28+,29+/m0/s1. The zero-order valence-corrected chi connectivity index (χ0v) is 25.9. The van der Waals surface area contributed by atoms with E-state index in [9.17, 15) is 19.1 Å². The summed E-state index contributed by atoms with van der Waals surface area (Å²) in [5.74, 6) is 0. The summed E-state index contributed by atoms with van der Waals surface area (Å²) in [6.07, 6.45) is -2.28. The van der Waals surface area contributed by atoms with Crippen LogP contribution < -0.4 is 10.4 Å². The van der Waals surface area contributed by atoms with E-state index in [2.05, 4.69) is 55.1 Å². The zero-order chi connectivity index (χ0) is 29.8. The molecule has 0 spiro atoms. The van der Waals surface area contributed by atoms with Crippen molar-refractivity contribution in [3.8, 4) is 0 Å². The number of rotatable bonds is 9. The molecule has 11 heteroatoms. The van der Waals surface area contributed by atoms with E-state index < -0.39 is 42.8 Å². The predicted molar refractivity (Wildman–Crippen MR) is 162 cm³/mol. The molecule has 0 aromatic heterocycles. The Morgan fingerprint density at radius 2 is 1.54 bits per heavy atom. The quantitative estimate of drug-likeness (QED) is 0.171. The highest BCUT2D eigenvalue weighted by Gasteiger charge is 2.53. The molecule has 3 aromatic carbocycles. The third kappa shape index (κ3) is 5.98. The molecular weight excluding hydrogens is 557 g/mol. The van der Waals surface area contributed by atoms with Crippen LogP contribution in [0.4, 0.5) is 0 Å². The van der Waals surface area contributed by atoms with Crippen LogP contribution in [0.25, 0.3) is 10.4 Å². The normalized spacial score (nSPS) is 22.2. The molecule has 0 radical (unpaired) electrons. The van der Waals surface area contributed by atoms with E-state index in [4.69, 9.17) is 9.16 Å². The van der Waals surface area contributed by atoms with Gasteiger partial charge >= 0.3 is 0 Å². The van der Waals surface area contributed by atoms with Gasteiger partial charge in [-0.25, -0.2) is 8.42 Å². The number of benzene rings is 3. The molecule has 0 bridgehead atoms. The van der Waals surface area contributed by atoms with E-state index in [1.54, 1.807) is 12.1 Å². The van der Waals surface area contributed by atoms with Crippen molar-refractivity contribution in [1.82, 2.24) is 4.31 Å². The number of aliphatic hydroxyl groups is 1. The van der Waals surface area contributed by atoms with Crippen LogP contribution in [0.5, 0.6) is 0 Å². The highest BCUT2D eigenvalue weighted by atomic mass is 32.2. The van der Waals surface area contributed by atoms with Crippen molar-refractivity contribution in [3.05, 3.63) is 101 Å². The Balaban J connectivity index is 1.85. The Kier molecular flexibility index (Phi) is 9.40. The summed E-state index contributed by atoms with van der Waals surface area (Å²) >= 11 is 0. The van der Waals surface area contributed by atoms with Gasteiger partial charge in [0.1, 0.15) is 6.23 Å². The smallest absolute Gasteiger partial charge is 0.261 e. The van der Waals surface area contributed by atoms with Crippen molar-refractivity contribution in [2.75, 3.05) is 13.7 Å². The SMILES string of the molecule is CO[C@@H]1[C@@H](N=[N+]=[N-])C[C@@H](O)[C@H](CO[Si](c2ccccc2)(c2ccccc2)C(C)(C)C)N1S(=O)(=O)c1ccc(C)cc1. The fraction of sp³-hybridized carbons (Fsp3) is 0.400. The molecule has 0 saturated carbocycles. The molecule has 9 nitrogen and oxygen atoms in total. The van der Waals surface area contributed by atoms with Crippen LogP contribution in [0.2, 0.25) is 5.04 Å². The summed E-state index contributed by atoms with van der Waals surface area (Å²) in [5.41, 5.74) is 10.1. The molecule has 0 aliphatic carbocycles. The molecule has 0 unspecified atom stereocenters. The maximum Gasteiger partial charge on any atom is 0.261 e. The van der Waals surface area contributed by atoms with E-state index in [-0.39, 0.29) is 23.0 Å². The highest BCUT2D eigenvalue weighted by molar-refractivity contribution is 7.89. The number of azide groups is 1. The Bertz CT molecular complexity index is 1420. The molecule has 1 fully saturated rings. The van der Waals surface area contributed by atoms with Crippen molar-refractivity contribution >= 4 is 28.7 Å². The minimum Gasteiger partial charge on any atom is -0.406 e. The molecular formula is C30H38N4O5SSi. The fourth-order valence-corrected chi connectivity index (χ4v) is 12.1. The third-order valence-electron chi connectivity index (χ3n) is 7.76. The summed E-state index contributed by atoms with van der Waals surface area (Å²) in [5, 5.41) is 16.9. The highest BCUT2D eigenvalue weighted by Crippen LogP contribution is 2.39. The summed E-state index contributed by atoms with van der Waals surface area (Å²) in [6.45, 7) is 8.17. The van der Waals surface area contributed by atoms with Gasteiger partial charge in [-0.1, -0.05) is 104 Å². The molecule has 41 heavy (non-hydrogen) atoms. The van der Waals surface area contributed by atoms with Crippen LogP contribution in [0, 0.1) is 6.92 Å². The first-order valence-electron chi connectivity index (χ1n) is 13.6. The number of piperidine rings is 1. The van der Waals surface area contributed by atoms with E-state index in [0.29, 0.717) is 0 Å². The molecule has 4 atom stereocenters. The average molecular weight is 595 g/mol. The number of hydrogen-bond acceptors (Lipinski definition) is 6. The largest absolute Gasteiger partial charge is 0.406 e. The van der Waals surface area contributed by atoms with Crippen LogP contribution in [0.3, 0.4) is 0 Å². The Morgan fingerprint density at radius 3 is 2.00 bits per heavy atom. The molecule has 1 saturated heterocycles. The molecule has 1 aliphatic heterocycles. The average Bonchev–Trinajstić information content (AvgIpc) is 2.94. The number of nitrogens with zero attached hydrogens (tertiary/aromatic N) is 4. The van der Waals surface area contributed by atoms with Crippen molar-refractivity contribution in [3.63, 3.8) is 0 Å². The summed E-state index contributed by atoms with van der Waals surface area (Å²) < 4.78 is 42.3. The number of aliphatic hydroxyl groups excluding tert-OH is 1. The minimum atomic E-state index is -4.21. The molecule has 218 valence electrons. The van der Waals surface area contributed by atoms with E-state index in [1.807, 2.05) is 43.3 Å². The predicted octanol–water partition coefficient (Wildman–Crippen LogP) is 4.35. The molecule has 0 amide bonds. The molecule has 1 N–H and O–H groups in total. The Labute approximate surface area is 243 Å². The maximum absolute atomic E-state index is 14.2. The van der Waals surface area contributed by atoms with Crippen LogP contribution in [0.15, 0.2) is 94.9 Å². The van der Waals surface area contributed by atoms with Gasteiger partial charge in [-0.2, -0.15) is 4.31 Å². The van der Waals surface area contributed by atoms with Crippen LogP contribution in [-0.2, 0) is 19.2 Å². The van der Waals surface area contributed by atoms with Crippen molar-refractivity contribution in [1.29, 1.82) is 0 Å².